The number of hydrogen-bond acceptors (Lipinski definition) is 2. The Labute approximate surface area is 150 Å². The van der Waals surface area contributed by atoms with Crippen molar-refractivity contribution in [1.82, 2.24) is 4.90 Å². The Morgan fingerprint density at radius 3 is 1.92 bits per heavy atom. The molecule has 2 bridgehead atoms. The summed E-state index contributed by atoms with van der Waals surface area (Å²) in [4.78, 5) is 15.8. The summed E-state index contributed by atoms with van der Waals surface area (Å²) in [6.45, 7) is 3.19. The molecular weight excluding hydrogens is 306 g/mol. The summed E-state index contributed by atoms with van der Waals surface area (Å²) in [5.74, 6) is 1.86. The first-order valence-electron chi connectivity index (χ1n) is 9.66. The van der Waals surface area contributed by atoms with E-state index in [1.54, 1.807) is 0 Å². The van der Waals surface area contributed by atoms with Crippen molar-refractivity contribution in [3.05, 3.63) is 71.8 Å². The van der Waals surface area contributed by atoms with Crippen LogP contribution in [0.1, 0.15) is 47.5 Å². The summed E-state index contributed by atoms with van der Waals surface area (Å²) in [7, 11) is 0. The van der Waals surface area contributed by atoms with Gasteiger partial charge >= 0.3 is 0 Å². The summed E-state index contributed by atoms with van der Waals surface area (Å²) in [5, 5.41) is 0. The lowest BCUT2D eigenvalue weighted by molar-refractivity contribution is 0.0929. The normalized spacial score (nSPS) is 24.6. The fraction of sp³-hybridized carbons (Fsp3) is 0.435. The van der Waals surface area contributed by atoms with E-state index in [-0.39, 0.29) is 11.7 Å². The lowest BCUT2D eigenvalue weighted by atomic mass is 9.84. The largest absolute Gasteiger partial charge is 0.302 e. The average molecular weight is 333 g/mol. The molecule has 3 aliphatic rings. The number of benzene rings is 2. The Morgan fingerprint density at radius 1 is 0.840 bits per heavy atom. The molecule has 130 valence electrons. The van der Waals surface area contributed by atoms with Crippen molar-refractivity contribution in [1.29, 1.82) is 0 Å². The third-order valence-electron chi connectivity index (χ3n) is 6.02. The van der Waals surface area contributed by atoms with E-state index >= 15 is 0 Å². The molecule has 2 nitrogen and oxygen atoms in total. The first-order valence-corrected chi connectivity index (χ1v) is 9.66. The van der Waals surface area contributed by atoms with E-state index in [1.807, 2.05) is 48.5 Å². The molecule has 2 heteroatoms. The van der Waals surface area contributed by atoms with E-state index in [9.17, 15) is 4.79 Å². The zero-order valence-electron chi connectivity index (χ0n) is 14.8. The molecule has 3 fully saturated rings. The Hall–Kier alpha value is -1.93. The van der Waals surface area contributed by atoms with Gasteiger partial charge in [0.2, 0.25) is 0 Å². The van der Waals surface area contributed by atoms with Gasteiger partial charge in [0.25, 0.3) is 0 Å². The Morgan fingerprint density at radius 2 is 1.36 bits per heavy atom. The van der Waals surface area contributed by atoms with Gasteiger partial charge in [-0.3, -0.25) is 4.79 Å². The first kappa shape index (κ1) is 16.5. The maximum atomic E-state index is 13.3. The highest BCUT2D eigenvalue weighted by Gasteiger charge is 2.32. The van der Waals surface area contributed by atoms with Crippen molar-refractivity contribution in [2.45, 2.75) is 31.6 Å². The van der Waals surface area contributed by atoms with Gasteiger partial charge in [0.05, 0.1) is 5.92 Å². The van der Waals surface area contributed by atoms with Crippen LogP contribution in [0.15, 0.2) is 60.7 Å². The van der Waals surface area contributed by atoms with Crippen LogP contribution in [0.2, 0.25) is 0 Å². The molecule has 2 aromatic carbocycles. The number of nitrogens with zero attached hydrogens (tertiary/aromatic N) is 1. The summed E-state index contributed by atoms with van der Waals surface area (Å²) in [5.41, 5.74) is 1.97. The maximum absolute atomic E-state index is 13.3. The Kier molecular flexibility index (Phi) is 4.98. The van der Waals surface area contributed by atoms with Gasteiger partial charge in [-0.05, 0) is 43.1 Å². The predicted octanol–water partition coefficient (Wildman–Crippen LogP) is 4.78. The maximum Gasteiger partial charge on any atom is 0.171 e. The molecule has 0 spiro atoms. The summed E-state index contributed by atoms with van der Waals surface area (Å²) in [6.07, 6.45) is 5.52. The van der Waals surface area contributed by atoms with E-state index < -0.39 is 0 Å². The van der Waals surface area contributed by atoms with E-state index in [2.05, 4.69) is 17.0 Å². The number of carbonyl (C=O) groups is 1. The third-order valence-corrected chi connectivity index (χ3v) is 6.02. The van der Waals surface area contributed by atoms with Crippen LogP contribution in [-0.2, 0) is 0 Å². The van der Waals surface area contributed by atoms with Crippen LogP contribution in [0.25, 0.3) is 0 Å². The monoisotopic (exact) mass is 333 g/mol. The highest BCUT2D eigenvalue weighted by molar-refractivity contribution is 6.01. The number of Topliss-reactive ketones (excluding diaryl/α,β-unsaturated/α-hetero) is 1. The molecule has 2 heterocycles. The molecule has 5 rings (SSSR count). The molecule has 2 saturated heterocycles. The second-order valence-corrected chi connectivity index (χ2v) is 7.80. The van der Waals surface area contributed by atoms with Crippen molar-refractivity contribution < 1.29 is 4.79 Å². The molecule has 2 aliphatic heterocycles. The molecule has 25 heavy (non-hydrogen) atoms. The topological polar surface area (TPSA) is 20.3 Å². The number of fused-ring (bicyclic) bond motifs is 4. The van der Waals surface area contributed by atoms with Gasteiger partial charge in [-0.15, -0.1) is 0 Å². The lowest BCUT2D eigenvalue weighted by Crippen LogP contribution is -2.35. The van der Waals surface area contributed by atoms with Crippen LogP contribution in [-0.4, -0.2) is 30.3 Å². The number of carbonyl (C=O) groups excluding carboxylic acids is 1. The summed E-state index contributed by atoms with van der Waals surface area (Å²) in [6, 6.07) is 20.1. The van der Waals surface area contributed by atoms with Crippen molar-refractivity contribution in [2.75, 3.05) is 19.6 Å². The molecule has 0 amide bonds. The van der Waals surface area contributed by atoms with Crippen LogP contribution in [0.4, 0.5) is 0 Å². The predicted molar refractivity (Wildman–Crippen MR) is 102 cm³/mol. The molecular formula is C23H27NO. The van der Waals surface area contributed by atoms with E-state index in [0.29, 0.717) is 0 Å². The molecule has 1 saturated carbocycles. The highest BCUT2D eigenvalue weighted by Crippen LogP contribution is 2.35. The van der Waals surface area contributed by atoms with Gasteiger partial charge in [0.15, 0.2) is 5.78 Å². The van der Waals surface area contributed by atoms with Crippen LogP contribution < -0.4 is 0 Å². The van der Waals surface area contributed by atoms with Crippen LogP contribution >= 0.6 is 0 Å². The van der Waals surface area contributed by atoms with Gasteiger partial charge in [0.1, 0.15) is 0 Å². The fourth-order valence-electron chi connectivity index (χ4n) is 4.64. The van der Waals surface area contributed by atoms with Gasteiger partial charge in [-0.25, -0.2) is 0 Å². The molecule has 1 unspecified atom stereocenters. The average Bonchev–Trinajstić information content (AvgIpc) is 3.00. The standard InChI is InChI=1S/C23H27NO/c25-23(21-9-5-2-6-10-21)22(20-7-3-1-4-8-20)17-24-15-18-11-12-19(16-24)14-13-18/h1-10,18-19,22H,11-17H2. The smallest absolute Gasteiger partial charge is 0.171 e. The first-order chi connectivity index (χ1) is 12.3. The quantitative estimate of drug-likeness (QED) is 0.734. The Balaban J connectivity index is 1.58. The minimum atomic E-state index is -0.0684. The fourth-order valence-corrected chi connectivity index (χ4v) is 4.64. The second-order valence-electron chi connectivity index (χ2n) is 7.80. The molecule has 0 aromatic heterocycles. The van der Waals surface area contributed by atoms with Crippen LogP contribution in [0.5, 0.6) is 0 Å². The van der Waals surface area contributed by atoms with Crippen molar-refractivity contribution >= 4 is 5.78 Å². The molecule has 0 radical (unpaired) electrons. The van der Waals surface area contributed by atoms with Gasteiger partial charge in [0, 0.05) is 25.2 Å². The summed E-state index contributed by atoms with van der Waals surface area (Å²) < 4.78 is 0. The minimum Gasteiger partial charge on any atom is -0.302 e. The van der Waals surface area contributed by atoms with Crippen LogP contribution in [0.3, 0.4) is 0 Å². The van der Waals surface area contributed by atoms with Crippen molar-refractivity contribution in [3.63, 3.8) is 0 Å². The highest BCUT2D eigenvalue weighted by atomic mass is 16.1. The minimum absolute atomic E-state index is 0.0684. The molecule has 1 aliphatic carbocycles. The second kappa shape index (κ2) is 7.53. The van der Waals surface area contributed by atoms with E-state index in [1.165, 1.54) is 38.8 Å². The van der Waals surface area contributed by atoms with Gasteiger partial charge < -0.3 is 4.90 Å². The van der Waals surface area contributed by atoms with E-state index in [4.69, 9.17) is 0 Å². The number of rotatable bonds is 5. The van der Waals surface area contributed by atoms with Crippen molar-refractivity contribution in [3.8, 4) is 0 Å². The van der Waals surface area contributed by atoms with Crippen molar-refractivity contribution in [2.24, 2.45) is 11.8 Å². The zero-order chi connectivity index (χ0) is 17.1. The van der Waals surface area contributed by atoms with Gasteiger partial charge in [-0.2, -0.15) is 0 Å². The molecule has 2 aromatic rings. The lowest BCUT2D eigenvalue weighted by Gasteiger charge is -2.27. The van der Waals surface area contributed by atoms with Gasteiger partial charge in [-0.1, -0.05) is 60.7 Å². The molecule has 1 atom stereocenters. The number of ketones is 1. The van der Waals surface area contributed by atoms with Crippen LogP contribution in [0, 0.1) is 11.8 Å². The Bertz CT molecular complexity index is 675. The number of hydrogen-bond donors (Lipinski definition) is 0. The third kappa shape index (κ3) is 3.85. The molecule has 0 N–H and O–H groups in total. The van der Waals surface area contributed by atoms with E-state index in [0.717, 1.165) is 29.5 Å². The zero-order valence-corrected chi connectivity index (χ0v) is 14.8. The SMILES string of the molecule is O=C(c1ccccc1)C(CN1CC2CCC(CC2)C1)c1ccccc1. The summed E-state index contributed by atoms with van der Waals surface area (Å²) >= 11 is 0.